The second kappa shape index (κ2) is 23.8. The first-order chi connectivity index (χ1) is 34.0. The lowest BCUT2D eigenvalue weighted by Gasteiger charge is -2.36. The van der Waals surface area contributed by atoms with Gasteiger partial charge in [0.25, 0.3) is 0 Å². The van der Waals surface area contributed by atoms with Gasteiger partial charge in [-0.1, -0.05) is 104 Å². The van der Waals surface area contributed by atoms with E-state index in [0.717, 1.165) is 22.3 Å². The molecule has 394 valence electrons. The van der Waals surface area contributed by atoms with E-state index in [1.165, 1.54) is 0 Å². The van der Waals surface area contributed by atoms with Gasteiger partial charge in [0, 0.05) is 31.8 Å². The first-order valence-corrected chi connectivity index (χ1v) is 26.3. The Morgan fingerprint density at radius 1 is 0.597 bits per heavy atom. The number of amides is 8. The molecule has 8 amide bonds. The molecule has 17 heteroatoms. The van der Waals surface area contributed by atoms with Gasteiger partial charge in [-0.25, -0.2) is 0 Å². The van der Waals surface area contributed by atoms with Crippen LogP contribution < -0.4 is 37.2 Å². The molecule has 17 nitrogen and oxygen atoms in total. The van der Waals surface area contributed by atoms with Gasteiger partial charge >= 0.3 is 0 Å². The largest absolute Gasteiger partial charge is 0.351 e. The number of likely N-dealkylation sites (tertiary alicyclic amines) is 2. The maximum atomic E-state index is 14.2. The van der Waals surface area contributed by atoms with Gasteiger partial charge in [0.1, 0.15) is 24.2 Å². The van der Waals surface area contributed by atoms with Crippen molar-refractivity contribution in [2.75, 3.05) is 20.1 Å². The number of unbranched alkanes of at least 4 members (excludes halogenated alkanes) is 1. The Hall–Kier alpha value is -5.84. The van der Waals surface area contributed by atoms with Gasteiger partial charge in [-0.05, 0) is 105 Å². The van der Waals surface area contributed by atoms with E-state index in [4.69, 9.17) is 0 Å². The molecule has 6 rings (SSSR count). The van der Waals surface area contributed by atoms with E-state index in [-0.39, 0.29) is 66.0 Å². The summed E-state index contributed by atoms with van der Waals surface area (Å²) in [5, 5.41) is 21.5. The normalized spacial score (nSPS) is 23.2. The molecule has 2 aromatic rings. The first kappa shape index (κ1) is 55.5. The van der Waals surface area contributed by atoms with Crippen LogP contribution in [0.25, 0.3) is 0 Å². The van der Waals surface area contributed by atoms with E-state index < -0.39 is 65.2 Å². The number of nitrogens with one attached hydrogen (secondary N) is 7. The predicted molar refractivity (Wildman–Crippen MR) is 275 cm³/mol. The Balaban J connectivity index is 1.02. The van der Waals surface area contributed by atoms with E-state index in [2.05, 4.69) is 37.2 Å². The molecule has 2 aromatic carbocycles. The monoisotopic (exact) mass is 996 g/mol. The lowest BCUT2D eigenvalue weighted by atomic mass is 9.85. The highest BCUT2D eigenvalue weighted by Crippen LogP contribution is 2.35. The number of likely N-dealkylation sites (N-methyl/N-ethyl adjacent to an activating group) is 1. The van der Waals surface area contributed by atoms with E-state index in [1.807, 2.05) is 104 Å². The number of hydrogen-bond donors (Lipinski definition) is 7. The van der Waals surface area contributed by atoms with Crippen LogP contribution in [0, 0.1) is 16.7 Å². The highest BCUT2D eigenvalue weighted by atomic mass is 16.2. The molecule has 0 bridgehead atoms. The van der Waals surface area contributed by atoms with Crippen LogP contribution in [0.5, 0.6) is 0 Å². The zero-order valence-electron chi connectivity index (χ0n) is 44.2. The van der Waals surface area contributed by atoms with Crippen molar-refractivity contribution in [1.29, 1.82) is 0 Å². The molecule has 0 aromatic heterocycles. The minimum absolute atomic E-state index is 0.166. The van der Waals surface area contributed by atoms with Crippen molar-refractivity contribution >= 4 is 47.3 Å². The Kier molecular flexibility index (Phi) is 18.3. The molecule has 7 N–H and O–H groups in total. The van der Waals surface area contributed by atoms with E-state index in [1.54, 1.807) is 23.8 Å². The van der Waals surface area contributed by atoms with Crippen molar-refractivity contribution in [1.82, 2.24) is 47.0 Å². The van der Waals surface area contributed by atoms with Crippen LogP contribution >= 0.6 is 0 Å². The molecule has 2 aliphatic heterocycles. The molecule has 2 saturated heterocycles. The number of fused-ring (bicyclic) bond motifs is 2. The molecule has 72 heavy (non-hydrogen) atoms. The number of carbonyl (C=O) groups is 8. The van der Waals surface area contributed by atoms with Crippen LogP contribution in [0.3, 0.4) is 0 Å². The van der Waals surface area contributed by atoms with Crippen molar-refractivity contribution in [2.45, 2.75) is 187 Å². The molecule has 2 heterocycles. The van der Waals surface area contributed by atoms with Crippen LogP contribution in [0.15, 0.2) is 48.5 Å². The molecule has 0 radical (unpaired) electrons. The molecular weight excluding hydrogens is 915 g/mol. The highest BCUT2D eigenvalue weighted by molar-refractivity contribution is 5.95. The molecule has 2 fully saturated rings. The summed E-state index contributed by atoms with van der Waals surface area (Å²) in [5.41, 5.74) is 2.62. The summed E-state index contributed by atoms with van der Waals surface area (Å²) >= 11 is 0. The summed E-state index contributed by atoms with van der Waals surface area (Å²) in [6.45, 7) is 17.6. The molecule has 0 spiro atoms. The SMILES string of the molecule is CC[C@@H](C)C(=O)N[C@H](C(=O)N1CCC[C@H]1C(=O)N[C@H]1c2ccccc2C[C@@H]1NC(=O)CCCCC(=O)N[C@H]1Cc2ccccc2C1NC(=O)[C@@H]1CCCN1C(=O)[C@@H](NC(=O)[C@H](C)NC)C(C)(C)C)C(C)(C)C. The van der Waals surface area contributed by atoms with Crippen molar-refractivity contribution in [2.24, 2.45) is 16.7 Å². The van der Waals surface area contributed by atoms with Crippen LogP contribution in [-0.2, 0) is 51.2 Å². The maximum Gasteiger partial charge on any atom is 0.246 e. The lowest BCUT2D eigenvalue weighted by Crippen LogP contribution is -2.59. The summed E-state index contributed by atoms with van der Waals surface area (Å²) in [5.74, 6) is -2.36. The van der Waals surface area contributed by atoms with Crippen molar-refractivity contribution < 1.29 is 38.4 Å². The third-order valence-corrected chi connectivity index (χ3v) is 15.2. The average molecular weight is 996 g/mol. The minimum atomic E-state index is -0.846. The van der Waals surface area contributed by atoms with Crippen LogP contribution in [0.1, 0.15) is 154 Å². The van der Waals surface area contributed by atoms with Crippen molar-refractivity contribution in [3.05, 3.63) is 70.8 Å². The summed E-state index contributed by atoms with van der Waals surface area (Å²) < 4.78 is 0. The highest BCUT2D eigenvalue weighted by Gasteiger charge is 2.46. The fourth-order valence-electron chi connectivity index (χ4n) is 10.5. The molecule has 1 unspecified atom stereocenters. The molecule has 0 saturated carbocycles. The Labute approximate surface area is 426 Å². The van der Waals surface area contributed by atoms with Gasteiger partial charge in [-0.2, -0.15) is 0 Å². The third-order valence-electron chi connectivity index (χ3n) is 15.2. The smallest absolute Gasteiger partial charge is 0.246 e. The molecule has 2 aliphatic carbocycles. The summed E-state index contributed by atoms with van der Waals surface area (Å²) in [6.07, 6.45) is 5.11. The molecular formula is C55H81N9O8. The van der Waals surface area contributed by atoms with Crippen LogP contribution in [0.4, 0.5) is 0 Å². The van der Waals surface area contributed by atoms with E-state index >= 15 is 0 Å². The zero-order chi connectivity index (χ0) is 52.7. The Morgan fingerprint density at radius 3 is 1.39 bits per heavy atom. The van der Waals surface area contributed by atoms with Crippen molar-refractivity contribution in [3.8, 4) is 0 Å². The quantitative estimate of drug-likeness (QED) is 0.101. The van der Waals surface area contributed by atoms with Gasteiger partial charge in [0.15, 0.2) is 0 Å². The summed E-state index contributed by atoms with van der Waals surface area (Å²) in [7, 11) is 1.68. The van der Waals surface area contributed by atoms with E-state index in [0.29, 0.717) is 70.9 Å². The predicted octanol–water partition coefficient (Wildman–Crippen LogP) is 4.04. The van der Waals surface area contributed by atoms with Gasteiger partial charge in [0.2, 0.25) is 47.3 Å². The second-order valence-electron chi connectivity index (χ2n) is 22.6. The van der Waals surface area contributed by atoms with Gasteiger partial charge in [-0.3, -0.25) is 38.4 Å². The molecule has 10 atom stereocenters. The second-order valence-corrected chi connectivity index (χ2v) is 22.6. The summed E-state index contributed by atoms with van der Waals surface area (Å²) in [6, 6.07) is 9.98. The number of nitrogens with zero attached hydrogens (tertiary/aromatic N) is 2. The first-order valence-electron chi connectivity index (χ1n) is 26.3. The number of carbonyl (C=O) groups excluding carboxylic acids is 8. The number of rotatable bonds is 19. The fourth-order valence-corrected chi connectivity index (χ4v) is 10.5. The minimum Gasteiger partial charge on any atom is -0.351 e. The summed E-state index contributed by atoms with van der Waals surface area (Å²) in [4.78, 5) is 113. The Bertz CT molecular complexity index is 2170. The zero-order valence-corrected chi connectivity index (χ0v) is 44.2. The van der Waals surface area contributed by atoms with Gasteiger partial charge in [-0.15, -0.1) is 0 Å². The lowest BCUT2D eigenvalue weighted by molar-refractivity contribution is -0.144. The fraction of sp³-hybridized carbons (Fsp3) is 0.636. The average Bonchev–Trinajstić information content (AvgIpc) is 4.16. The molecule has 4 aliphatic rings. The van der Waals surface area contributed by atoms with Gasteiger partial charge < -0.3 is 47.0 Å². The third kappa shape index (κ3) is 13.2. The van der Waals surface area contributed by atoms with Gasteiger partial charge in [0.05, 0.1) is 30.2 Å². The topological polar surface area (TPSA) is 227 Å². The maximum absolute atomic E-state index is 14.2. The number of hydrogen-bond acceptors (Lipinski definition) is 9. The van der Waals surface area contributed by atoms with Crippen LogP contribution in [-0.4, -0.2) is 119 Å². The number of benzene rings is 2. The van der Waals surface area contributed by atoms with Crippen LogP contribution in [0.2, 0.25) is 0 Å². The van der Waals surface area contributed by atoms with Crippen molar-refractivity contribution in [3.63, 3.8) is 0 Å². The standard InChI is InChI=1S/C55H81N9O8/c1-11-32(2)48(67)61-46(54(4,5)6)52(71)63-28-18-24-40(63)50(69)59-44-36-22-14-12-20-34(36)30-38(44)57-42(65)26-16-17-27-43(66)58-39-31-35-21-13-15-23-37(35)45(39)60-51(70)41-25-19-29-64(41)53(72)47(55(7,8)9)62-49(68)33(3)56-10/h12-15,20-23,32-33,38-41,44-47,56H,11,16-19,24-31H2,1-10H3,(H,57,65)(H,58,66)(H,59,69)(H,60,70)(H,61,67)(H,62,68)/t32-,33+,38+,39+,40+,41+,44+,45?,46-,47-/m1/s1. The Morgan fingerprint density at radius 2 is 1.00 bits per heavy atom. The van der Waals surface area contributed by atoms with E-state index in [9.17, 15) is 38.4 Å².